The zero-order chi connectivity index (χ0) is 8.81. The van der Waals surface area contributed by atoms with Crippen molar-refractivity contribution in [2.45, 2.75) is 20.4 Å². The lowest BCUT2D eigenvalue weighted by Gasteiger charge is -2.17. The zero-order valence-corrected chi connectivity index (χ0v) is 7.75. The summed E-state index contributed by atoms with van der Waals surface area (Å²) in [7, 11) is 0. The monoisotopic (exact) mass is 163 g/mol. The molecule has 1 radical (unpaired) electrons. The summed E-state index contributed by atoms with van der Waals surface area (Å²) in [4.78, 5) is 6.38. The third kappa shape index (κ3) is 2.62. The van der Waals surface area contributed by atoms with E-state index in [0.29, 0.717) is 0 Å². The highest BCUT2D eigenvalue weighted by Crippen LogP contribution is 2.00. The molecule has 2 heteroatoms. The predicted octanol–water partition coefficient (Wildman–Crippen LogP) is 1.72. The second-order valence-electron chi connectivity index (χ2n) is 2.75. The van der Waals surface area contributed by atoms with Crippen molar-refractivity contribution >= 4 is 0 Å². The number of rotatable bonds is 4. The van der Waals surface area contributed by atoms with Gasteiger partial charge in [0, 0.05) is 25.0 Å². The van der Waals surface area contributed by atoms with Crippen molar-refractivity contribution in [2.75, 3.05) is 13.1 Å². The van der Waals surface area contributed by atoms with Gasteiger partial charge in [0.15, 0.2) is 0 Å². The molecule has 2 nitrogen and oxygen atoms in total. The van der Waals surface area contributed by atoms with E-state index < -0.39 is 0 Å². The van der Waals surface area contributed by atoms with Crippen LogP contribution in [0.3, 0.4) is 0 Å². The van der Waals surface area contributed by atoms with Gasteiger partial charge in [0.2, 0.25) is 0 Å². The molecule has 0 saturated heterocycles. The van der Waals surface area contributed by atoms with Gasteiger partial charge in [-0.2, -0.15) is 0 Å². The molecule has 0 spiro atoms. The van der Waals surface area contributed by atoms with Gasteiger partial charge in [-0.25, -0.2) is 0 Å². The van der Waals surface area contributed by atoms with Crippen LogP contribution in [0.2, 0.25) is 0 Å². The number of aromatic nitrogens is 1. The van der Waals surface area contributed by atoms with Gasteiger partial charge in [-0.1, -0.05) is 13.8 Å². The largest absolute Gasteiger partial charge is 0.300 e. The average Bonchev–Trinajstić information content (AvgIpc) is 2.16. The molecule has 0 aromatic carbocycles. The Kier molecular flexibility index (Phi) is 3.74. The van der Waals surface area contributed by atoms with Crippen LogP contribution in [0.15, 0.2) is 18.5 Å². The molecule has 0 aliphatic carbocycles. The minimum Gasteiger partial charge on any atom is -0.300 e. The molecule has 0 atom stereocenters. The Balaban J connectivity index is 2.51. The SMILES string of the molecule is CCN(CC)Cc1c[c]cnc1. The van der Waals surface area contributed by atoms with E-state index in [1.54, 1.807) is 6.20 Å². The second kappa shape index (κ2) is 4.88. The van der Waals surface area contributed by atoms with Crippen LogP contribution in [-0.4, -0.2) is 23.0 Å². The van der Waals surface area contributed by atoms with Crippen molar-refractivity contribution < 1.29 is 0 Å². The van der Waals surface area contributed by atoms with Crippen molar-refractivity contribution in [3.63, 3.8) is 0 Å². The van der Waals surface area contributed by atoms with Crippen LogP contribution in [0.4, 0.5) is 0 Å². The molecule has 1 heterocycles. The van der Waals surface area contributed by atoms with Crippen LogP contribution < -0.4 is 0 Å². The highest BCUT2D eigenvalue weighted by atomic mass is 15.1. The van der Waals surface area contributed by atoms with E-state index in [1.807, 2.05) is 12.3 Å². The van der Waals surface area contributed by atoms with Gasteiger partial charge in [-0.3, -0.25) is 9.88 Å². The summed E-state index contributed by atoms with van der Waals surface area (Å²) >= 11 is 0. The van der Waals surface area contributed by atoms with Crippen molar-refractivity contribution in [3.05, 3.63) is 30.1 Å². The molecule has 0 N–H and O–H groups in total. The Morgan fingerprint density at radius 2 is 2.17 bits per heavy atom. The molecule has 12 heavy (non-hydrogen) atoms. The van der Waals surface area contributed by atoms with Gasteiger partial charge in [0.25, 0.3) is 0 Å². The van der Waals surface area contributed by atoms with E-state index in [2.05, 4.69) is 29.8 Å². The van der Waals surface area contributed by atoms with Gasteiger partial charge < -0.3 is 0 Å². The zero-order valence-electron chi connectivity index (χ0n) is 7.75. The Hall–Kier alpha value is -0.890. The average molecular weight is 163 g/mol. The van der Waals surface area contributed by atoms with Crippen LogP contribution in [-0.2, 0) is 6.54 Å². The Morgan fingerprint density at radius 1 is 1.42 bits per heavy atom. The third-order valence-electron chi connectivity index (χ3n) is 1.96. The van der Waals surface area contributed by atoms with E-state index in [0.717, 1.165) is 19.6 Å². The quantitative estimate of drug-likeness (QED) is 0.672. The molecule has 1 rings (SSSR count). The minimum atomic E-state index is 0.983. The van der Waals surface area contributed by atoms with Gasteiger partial charge in [-0.15, -0.1) is 0 Å². The minimum absolute atomic E-state index is 0.983. The van der Waals surface area contributed by atoms with E-state index in [1.165, 1.54) is 5.56 Å². The molecule has 1 aromatic heterocycles. The lowest BCUT2D eigenvalue weighted by atomic mass is 10.2. The molecule has 1 aromatic rings. The number of hydrogen-bond donors (Lipinski definition) is 0. The van der Waals surface area contributed by atoms with Crippen LogP contribution in [0, 0.1) is 6.07 Å². The molecule has 0 aliphatic heterocycles. The maximum Gasteiger partial charge on any atom is 0.0347 e. The molecule has 0 unspecified atom stereocenters. The molecule has 0 aliphatic rings. The van der Waals surface area contributed by atoms with Crippen molar-refractivity contribution in [3.8, 4) is 0 Å². The lowest BCUT2D eigenvalue weighted by molar-refractivity contribution is 0.295. The molecule has 0 bridgehead atoms. The summed E-state index contributed by atoms with van der Waals surface area (Å²) in [6.07, 6.45) is 3.58. The summed E-state index contributed by atoms with van der Waals surface area (Å²) in [6.45, 7) is 7.50. The van der Waals surface area contributed by atoms with E-state index in [4.69, 9.17) is 0 Å². The van der Waals surface area contributed by atoms with Crippen molar-refractivity contribution in [1.82, 2.24) is 9.88 Å². The molecule has 0 fully saturated rings. The first-order valence-electron chi connectivity index (χ1n) is 4.39. The second-order valence-corrected chi connectivity index (χ2v) is 2.75. The van der Waals surface area contributed by atoms with Crippen LogP contribution in [0.5, 0.6) is 0 Å². The Labute approximate surface area is 74.2 Å². The fourth-order valence-electron chi connectivity index (χ4n) is 1.15. The molecule has 0 saturated carbocycles. The first-order valence-corrected chi connectivity index (χ1v) is 4.39. The fraction of sp³-hybridized carbons (Fsp3) is 0.500. The van der Waals surface area contributed by atoms with Crippen molar-refractivity contribution in [2.24, 2.45) is 0 Å². The number of hydrogen-bond acceptors (Lipinski definition) is 2. The van der Waals surface area contributed by atoms with E-state index >= 15 is 0 Å². The first-order chi connectivity index (χ1) is 5.86. The highest BCUT2D eigenvalue weighted by molar-refractivity contribution is 5.06. The van der Waals surface area contributed by atoms with E-state index in [9.17, 15) is 0 Å². The lowest BCUT2D eigenvalue weighted by Crippen LogP contribution is -2.22. The molecule has 0 amide bonds. The maximum atomic E-state index is 4.02. The smallest absolute Gasteiger partial charge is 0.0347 e. The van der Waals surface area contributed by atoms with Crippen LogP contribution >= 0.6 is 0 Å². The highest BCUT2D eigenvalue weighted by Gasteiger charge is 1.99. The van der Waals surface area contributed by atoms with Gasteiger partial charge in [0.05, 0.1) is 0 Å². The molecular formula is C10H15N2. The van der Waals surface area contributed by atoms with Gasteiger partial charge >= 0.3 is 0 Å². The maximum absolute atomic E-state index is 4.02. The summed E-state index contributed by atoms with van der Waals surface area (Å²) in [5, 5.41) is 0. The topological polar surface area (TPSA) is 16.1 Å². The predicted molar refractivity (Wildman–Crippen MR) is 49.7 cm³/mol. The standard InChI is InChI=1S/C10H15N2/c1-3-12(4-2)9-10-6-5-7-11-8-10/h6-8H,3-4,9H2,1-2H3. The van der Waals surface area contributed by atoms with Crippen LogP contribution in [0.25, 0.3) is 0 Å². The summed E-state index contributed by atoms with van der Waals surface area (Å²) < 4.78 is 0. The number of nitrogens with zero attached hydrogens (tertiary/aromatic N) is 2. The molecular weight excluding hydrogens is 148 g/mol. The summed E-state index contributed by atoms with van der Waals surface area (Å²) in [5.41, 5.74) is 1.24. The first kappa shape index (κ1) is 9.20. The number of pyridine rings is 1. The molecule has 65 valence electrons. The van der Waals surface area contributed by atoms with Crippen LogP contribution in [0.1, 0.15) is 19.4 Å². The Bertz CT molecular complexity index is 204. The third-order valence-corrected chi connectivity index (χ3v) is 1.96. The van der Waals surface area contributed by atoms with Crippen molar-refractivity contribution in [1.29, 1.82) is 0 Å². The normalized spacial score (nSPS) is 10.6. The Morgan fingerprint density at radius 3 is 2.67 bits per heavy atom. The van der Waals surface area contributed by atoms with E-state index in [-0.39, 0.29) is 0 Å². The summed E-state index contributed by atoms with van der Waals surface area (Å²) in [5.74, 6) is 0. The van der Waals surface area contributed by atoms with Gasteiger partial charge in [0.1, 0.15) is 0 Å². The van der Waals surface area contributed by atoms with Gasteiger partial charge in [-0.05, 0) is 24.7 Å². The fourth-order valence-corrected chi connectivity index (χ4v) is 1.15. The summed E-state index contributed by atoms with van der Waals surface area (Å²) in [6, 6.07) is 4.97.